The number of carbonyl (C=O) groups is 1. The molecule has 1 aromatic carbocycles. The number of methoxy groups -OCH3 is 2. The number of hydrogen-bond acceptors (Lipinski definition) is 8. The minimum Gasteiger partial charge on any atom is -0.493 e. The van der Waals surface area contributed by atoms with Crippen molar-refractivity contribution in [2.24, 2.45) is 0 Å². The van der Waals surface area contributed by atoms with Gasteiger partial charge in [0, 0.05) is 24.8 Å². The number of amides is 1. The van der Waals surface area contributed by atoms with Gasteiger partial charge >= 0.3 is 0 Å². The summed E-state index contributed by atoms with van der Waals surface area (Å²) in [6.07, 6.45) is 3.41. The monoisotopic (exact) mass is 394 g/mol. The third kappa shape index (κ3) is 5.55. The molecule has 2 heterocycles. The van der Waals surface area contributed by atoms with Crippen LogP contribution < -0.4 is 25.4 Å². The maximum Gasteiger partial charge on any atom is 0.251 e. The second-order valence-corrected chi connectivity index (χ2v) is 5.92. The van der Waals surface area contributed by atoms with E-state index in [1.807, 2.05) is 24.3 Å². The van der Waals surface area contributed by atoms with Gasteiger partial charge in [0.1, 0.15) is 5.82 Å². The highest BCUT2D eigenvalue weighted by Crippen LogP contribution is 2.27. The van der Waals surface area contributed by atoms with Gasteiger partial charge in [0.15, 0.2) is 17.3 Å². The van der Waals surface area contributed by atoms with Crippen molar-refractivity contribution in [2.75, 3.05) is 37.9 Å². The van der Waals surface area contributed by atoms with E-state index in [2.05, 4.69) is 31.1 Å². The number of nitrogens with zero attached hydrogens (tertiary/aromatic N) is 3. The molecule has 3 rings (SSSR count). The summed E-state index contributed by atoms with van der Waals surface area (Å²) >= 11 is 0. The minimum atomic E-state index is -0.199. The molecule has 2 aromatic heterocycles. The Morgan fingerprint density at radius 1 is 0.966 bits per heavy atom. The third-order valence-corrected chi connectivity index (χ3v) is 3.96. The summed E-state index contributed by atoms with van der Waals surface area (Å²) in [4.78, 5) is 16.3. The molecular formula is C20H22N6O3. The number of nitrogens with one attached hydrogen (secondary N) is 3. The Morgan fingerprint density at radius 2 is 1.76 bits per heavy atom. The van der Waals surface area contributed by atoms with Crippen LogP contribution >= 0.6 is 0 Å². The van der Waals surface area contributed by atoms with E-state index in [0.717, 1.165) is 5.69 Å². The smallest absolute Gasteiger partial charge is 0.251 e. The van der Waals surface area contributed by atoms with Gasteiger partial charge in [-0.15, -0.1) is 10.2 Å². The first-order chi connectivity index (χ1) is 14.2. The molecule has 0 atom stereocenters. The molecule has 0 spiro atoms. The van der Waals surface area contributed by atoms with Crippen LogP contribution in [0.2, 0.25) is 0 Å². The molecule has 150 valence electrons. The first-order valence-electron chi connectivity index (χ1n) is 8.94. The molecule has 1 amide bonds. The van der Waals surface area contributed by atoms with E-state index >= 15 is 0 Å². The van der Waals surface area contributed by atoms with Crippen LogP contribution in [0.1, 0.15) is 10.4 Å². The van der Waals surface area contributed by atoms with Crippen molar-refractivity contribution in [1.82, 2.24) is 20.5 Å². The number of hydrogen-bond donors (Lipinski definition) is 3. The summed E-state index contributed by atoms with van der Waals surface area (Å²) in [5, 5.41) is 17.3. The average molecular weight is 394 g/mol. The predicted molar refractivity (Wildman–Crippen MR) is 110 cm³/mol. The van der Waals surface area contributed by atoms with E-state index < -0.39 is 0 Å². The molecule has 0 unspecified atom stereocenters. The number of aromatic nitrogens is 3. The molecule has 0 saturated carbocycles. The number of rotatable bonds is 9. The van der Waals surface area contributed by atoms with Crippen molar-refractivity contribution >= 4 is 23.2 Å². The fourth-order valence-electron chi connectivity index (χ4n) is 2.52. The van der Waals surface area contributed by atoms with Crippen molar-refractivity contribution < 1.29 is 14.3 Å². The van der Waals surface area contributed by atoms with Gasteiger partial charge in [-0.25, -0.2) is 0 Å². The molecule has 0 radical (unpaired) electrons. The van der Waals surface area contributed by atoms with Crippen LogP contribution in [0.25, 0.3) is 0 Å². The number of ether oxygens (including phenoxy) is 2. The number of pyridine rings is 1. The van der Waals surface area contributed by atoms with Gasteiger partial charge in [-0.2, -0.15) is 0 Å². The molecule has 0 aliphatic heterocycles. The molecule has 0 aliphatic carbocycles. The Labute approximate surface area is 168 Å². The van der Waals surface area contributed by atoms with Crippen LogP contribution in [0.15, 0.2) is 54.9 Å². The Morgan fingerprint density at radius 3 is 2.45 bits per heavy atom. The Balaban J connectivity index is 1.45. The lowest BCUT2D eigenvalue weighted by molar-refractivity contribution is 0.0954. The lowest BCUT2D eigenvalue weighted by Crippen LogP contribution is -2.28. The molecule has 0 bridgehead atoms. The van der Waals surface area contributed by atoms with Gasteiger partial charge in [0.25, 0.3) is 5.91 Å². The predicted octanol–water partition coefficient (Wildman–Crippen LogP) is 2.47. The average Bonchev–Trinajstić information content (AvgIpc) is 2.77. The van der Waals surface area contributed by atoms with Crippen LogP contribution in [0.3, 0.4) is 0 Å². The van der Waals surface area contributed by atoms with Crippen molar-refractivity contribution in [1.29, 1.82) is 0 Å². The molecule has 0 fully saturated rings. The molecule has 9 nitrogen and oxygen atoms in total. The SMILES string of the molecule is COc1ccc(C(=O)NCCNc2ccc(Nc3cccnc3)nn2)cc1OC. The third-order valence-electron chi connectivity index (χ3n) is 3.96. The highest BCUT2D eigenvalue weighted by molar-refractivity contribution is 5.94. The van der Waals surface area contributed by atoms with Crippen LogP contribution in [0.4, 0.5) is 17.3 Å². The number of anilines is 3. The second kappa shape index (κ2) is 9.88. The van der Waals surface area contributed by atoms with Crippen LogP contribution in [0.5, 0.6) is 11.5 Å². The van der Waals surface area contributed by atoms with E-state index in [4.69, 9.17) is 9.47 Å². The van der Waals surface area contributed by atoms with E-state index in [-0.39, 0.29) is 5.91 Å². The maximum atomic E-state index is 12.3. The molecule has 3 aromatic rings. The summed E-state index contributed by atoms with van der Waals surface area (Å²) in [7, 11) is 3.08. The molecule has 3 N–H and O–H groups in total. The standard InChI is InChI=1S/C20H22N6O3/c1-28-16-6-5-14(12-17(16)29-2)20(27)23-11-10-22-18-7-8-19(26-25-18)24-15-4-3-9-21-13-15/h3-9,12-13H,10-11H2,1-2H3,(H,22,25)(H,23,27)(H,24,26). The lowest BCUT2D eigenvalue weighted by Gasteiger charge is -2.10. The zero-order chi connectivity index (χ0) is 20.5. The number of carbonyl (C=O) groups excluding carboxylic acids is 1. The van der Waals surface area contributed by atoms with Gasteiger partial charge in [-0.3, -0.25) is 9.78 Å². The Hall–Kier alpha value is -3.88. The Kier molecular flexibility index (Phi) is 6.77. The van der Waals surface area contributed by atoms with E-state index in [1.54, 1.807) is 37.7 Å². The van der Waals surface area contributed by atoms with Gasteiger partial charge in [-0.1, -0.05) is 0 Å². The van der Waals surface area contributed by atoms with E-state index in [9.17, 15) is 4.79 Å². The summed E-state index contributed by atoms with van der Waals surface area (Å²) in [6, 6.07) is 12.4. The summed E-state index contributed by atoms with van der Waals surface area (Å²) in [5.41, 5.74) is 1.33. The number of benzene rings is 1. The molecular weight excluding hydrogens is 372 g/mol. The van der Waals surface area contributed by atoms with Crippen molar-refractivity contribution in [3.05, 3.63) is 60.4 Å². The fourth-order valence-corrected chi connectivity index (χ4v) is 2.52. The van der Waals surface area contributed by atoms with Crippen molar-refractivity contribution in [3.8, 4) is 11.5 Å². The zero-order valence-corrected chi connectivity index (χ0v) is 16.2. The summed E-state index contributed by atoms with van der Waals surface area (Å²) < 4.78 is 10.4. The minimum absolute atomic E-state index is 0.199. The normalized spacial score (nSPS) is 10.1. The highest BCUT2D eigenvalue weighted by atomic mass is 16.5. The highest BCUT2D eigenvalue weighted by Gasteiger charge is 2.10. The second-order valence-electron chi connectivity index (χ2n) is 5.92. The summed E-state index contributed by atoms with van der Waals surface area (Å²) in [5.74, 6) is 2.11. The quantitative estimate of drug-likeness (QED) is 0.475. The Bertz CT molecular complexity index is 935. The zero-order valence-electron chi connectivity index (χ0n) is 16.2. The van der Waals surface area contributed by atoms with Gasteiger partial charge in [0.2, 0.25) is 0 Å². The molecule has 0 aliphatic rings. The van der Waals surface area contributed by atoms with Crippen molar-refractivity contribution in [2.45, 2.75) is 0 Å². The van der Waals surface area contributed by atoms with Crippen molar-refractivity contribution in [3.63, 3.8) is 0 Å². The van der Waals surface area contributed by atoms with Gasteiger partial charge in [0.05, 0.1) is 26.1 Å². The lowest BCUT2D eigenvalue weighted by atomic mass is 10.2. The molecule has 29 heavy (non-hydrogen) atoms. The van der Waals surface area contributed by atoms with Gasteiger partial charge < -0.3 is 25.4 Å². The molecule has 9 heteroatoms. The van der Waals surface area contributed by atoms with Crippen LogP contribution in [-0.4, -0.2) is 48.4 Å². The maximum absolute atomic E-state index is 12.3. The largest absolute Gasteiger partial charge is 0.493 e. The first-order valence-corrected chi connectivity index (χ1v) is 8.94. The van der Waals surface area contributed by atoms with E-state index in [1.165, 1.54) is 7.11 Å². The molecule has 0 saturated heterocycles. The summed E-state index contributed by atoms with van der Waals surface area (Å²) in [6.45, 7) is 0.924. The first kappa shape index (κ1) is 19.9. The topological polar surface area (TPSA) is 110 Å². The van der Waals surface area contributed by atoms with Crippen LogP contribution in [-0.2, 0) is 0 Å². The van der Waals surface area contributed by atoms with E-state index in [0.29, 0.717) is 41.8 Å². The van der Waals surface area contributed by atoms with Gasteiger partial charge in [-0.05, 0) is 42.5 Å². The van der Waals surface area contributed by atoms with Crippen LogP contribution in [0, 0.1) is 0 Å². The fraction of sp³-hybridized carbons (Fsp3) is 0.200.